The second kappa shape index (κ2) is 5.87. The number of nitro groups is 1. The first-order chi connectivity index (χ1) is 10.8. The van der Waals surface area contributed by atoms with Gasteiger partial charge in [-0.2, -0.15) is 0 Å². The molecular formula is C14H11N2O7-. The molecule has 0 radical (unpaired) electrons. The number of rotatable bonds is 5. The Labute approximate surface area is 129 Å². The van der Waals surface area contributed by atoms with E-state index < -0.39 is 46.6 Å². The van der Waals surface area contributed by atoms with Crippen LogP contribution in [0.1, 0.15) is 18.5 Å². The summed E-state index contributed by atoms with van der Waals surface area (Å²) in [6.07, 6.45) is 0. The van der Waals surface area contributed by atoms with Crippen molar-refractivity contribution in [2.75, 3.05) is 6.54 Å². The molecule has 1 aromatic carbocycles. The number of Topliss-reactive ketones (excluding diaryl/α,β-unsaturated/α-hetero) is 1. The van der Waals surface area contributed by atoms with Crippen molar-refractivity contribution < 1.29 is 29.5 Å². The summed E-state index contributed by atoms with van der Waals surface area (Å²) >= 11 is 0. The highest BCUT2D eigenvalue weighted by Crippen LogP contribution is 2.40. The fraction of sp³-hybridized carbons (Fsp3) is 0.214. The number of aliphatic carboxylic acids is 1. The molecule has 9 heteroatoms. The van der Waals surface area contributed by atoms with Crippen LogP contribution in [0.15, 0.2) is 35.6 Å². The highest BCUT2D eigenvalue weighted by Gasteiger charge is 2.44. The maximum atomic E-state index is 12.0. The number of carbonyl (C=O) groups excluding carboxylic acids is 3. The quantitative estimate of drug-likeness (QED) is 0.576. The van der Waals surface area contributed by atoms with Gasteiger partial charge in [-0.15, -0.1) is 0 Å². The molecule has 0 spiro atoms. The Morgan fingerprint density at radius 2 is 1.96 bits per heavy atom. The van der Waals surface area contributed by atoms with Crippen LogP contribution in [0.2, 0.25) is 0 Å². The molecule has 23 heavy (non-hydrogen) atoms. The molecule has 1 heterocycles. The highest BCUT2D eigenvalue weighted by molar-refractivity contribution is 6.08. The number of aliphatic hydroxyl groups is 1. The minimum Gasteiger partial charge on any atom is -0.548 e. The number of ketones is 1. The van der Waals surface area contributed by atoms with Crippen LogP contribution in [0.4, 0.5) is 5.69 Å². The van der Waals surface area contributed by atoms with Crippen LogP contribution < -0.4 is 5.11 Å². The molecule has 0 saturated heterocycles. The number of hydrogen-bond acceptors (Lipinski definition) is 7. The Morgan fingerprint density at radius 3 is 2.48 bits per heavy atom. The average molecular weight is 319 g/mol. The van der Waals surface area contributed by atoms with Crippen molar-refractivity contribution in [3.05, 3.63) is 51.3 Å². The molecule has 0 fully saturated rings. The zero-order valence-corrected chi connectivity index (χ0v) is 11.9. The molecule has 120 valence electrons. The number of benzene rings is 1. The molecule has 0 saturated carbocycles. The van der Waals surface area contributed by atoms with Crippen molar-refractivity contribution in [3.63, 3.8) is 0 Å². The summed E-state index contributed by atoms with van der Waals surface area (Å²) in [4.78, 5) is 45.7. The number of amides is 1. The van der Waals surface area contributed by atoms with Gasteiger partial charge >= 0.3 is 0 Å². The van der Waals surface area contributed by atoms with Crippen LogP contribution in [-0.4, -0.2) is 39.1 Å². The largest absolute Gasteiger partial charge is 0.548 e. The topological polar surface area (TPSA) is 141 Å². The van der Waals surface area contributed by atoms with Crippen LogP contribution in [0.3, 0.4) is 0 Å². The number of carboxylic acid groups (broad SMARTS) is 1. The van der Waals surface area contributed by atoms with Gasteiger partial charge < -0.3 is 19.9 Å². The molecule has 0 unspecified atom stereocenters. The van der Waals surface area contributed by atoms with E-state index >= 15 is 0 Å². The Bertz CT molecular complexity index is 753. The summed E-state index contributed by atoms with van der Waals surface area (Å²) in [6.45, 7) is 0.152. The highest BCUT2D eigenvalue weighted by atomic mass is 16.6. The van der Waals surface area contributed by atoms with Crippen LogP contribution in [0.5, 0.6) is 0 Å². The van der Waals surface area contributed by atoms with E-state index in [-0.39, 0.29) is 11.1 Å². The Balaban J connectivity index is 2.67. The minimum atomic E-state index is -1.63. The average Bonchev–Trinajstić information content (AvgIpc) is 2.71. The lowest BCUT2D eigenvalue weighted by Gasteiger charge is -2.26. The number of para-hydroxylation sites is 1. The van der Waals surface area contributed by atoms with Gasteiger partial charge in [0.15, 0.2) is 11.5 Å². The molecule has 1 aromatic rings. The lowest BCUT2D eigenvalue weighted by molar-refractivity contribution is -0.385. The van der Waals surface area contributed by atoms with E-state index in [9.17, 15) is 34.7 Å². The third-order valence-corrected chi connectivity index (χ3v) is 3.41. The molecule has 2 rings (SSSR count). The normalized spacial score (nSPS) is 17.5. The Hall–Kier alpha value is -3.23. The fourth-order valence-electron chi connectivity index (χ4n) is 2.52. The van der Waals surface area contributed by atoms with Crippen molar-refractivity contribution >= 4 is 23.3 Å². The number of aliphatic hydroxyl groups excluding tert-OH is 1. The first-order valence-electron chi connectivity index (χ1n) is 6.44. The molecule has 1 amide bonds. The summed E-state index contributed by atoms with van der Waals surface area (Å²) in [5.74, 6) is -4.33. The first-order valence-corrected chi connectivity index (χ1v) is 6.44. The molecule has 1 aliphatic heterocycles. The number of nitrogens with zero attached hydrogens (tertiary/aromatic N) is 2. The SMILES string of the molecule is CC(=O)C1=C(O)C(=O)N(CC(=O)[O-])[C@@H]1c1ccccc1[N+](=O)[O-]. The zero-order valence-electron chi connectivity index (χ0n) is 11.9. The lowest BCUT2D eigenvalue weighted by Crippen LogP contribution is -2.41. The van der Waals surface area contributed by atoms with Crippen molar-refractivity contribution in [3.8, 4) is 0 Å². The second-order valence-corrected chi connectivity index (χ2v) is 4.84. The van der Waals surface area contributed by atoms with Crippen molar-refractivity contribution in [2.45, 2.75) is 13.0 Å². The number of hydrogen-bond donors (Lipinski definition) is 1. The van der Waals surface area contributed by atoms with Crippen molar-refractivity contribution in [1.82, 2.24) is 4.90 Å². The standard InChI is InChI=1S/C14H12N2O7/c1-7(17)11-12(8-4-2-3-5-9(8)16(22)23)15(6-10(18)19)14(21)13(11)20/h2-5,12,20H,6H2,1H3,(H,18,19)/p-1/t12-/m1/s1. The van der Waals surface area contributed by atoms with Gasteiger partial charge in [0.25, 0.3) is 11.6 Å². The van der Waals surface area contributed by atoms with Crippen molar-refractivity contribution in [2.24, 2.45) is 0 Å². The summed E-state index contributed by atoms with van der Waals surface area (Å²) in [5, 5.41) is 31.9. The van der Waals surface area contributed by atoms with E-state index in [2.05, 4.69) is 0 Å². The van der Waals surface area contributed by atoms with Gasteiger partial charge in [-0.25, -0.2) is 0 Å². The zero-order chi connectivity index (χ0) is 17.3. The minimum absolute atomic E-state index is 0.0682. The van der Waals surface area contributed by atoms with Gasteiger partial charge in [0.05, 0.1) is 34.6 Å². The maximum absolute atomic E-state index is 12.0. The molecule has 0 bridgehead atoms. The smallest absolute Gasteiger partial charge is 0.290 e. The van der Waals surface area contributed by atoms with E-state index in [0.29, 0.717) is 4.90 Å². The lowest BCUT2D eigenvalue weighted by atomic mass is 9.95. The third kappa shape index (κ3) is 2.76. The number of carbonyl (C=O) groups is 3. The molecule has 1 N–H and O–H groups in total. The Kier molecular flexibility index (Phi) is 4.12. The van der Waals surface area contributed by atoms with E-state index in [1.807, 2.05) is 0 Å². The summed E-state index contributed by atoms with van der Waals surface area (Å²) in [6, 6.07) is 3.92. The van der Waals surface area contributed by atoms with E-state index in [4.69, 9.17) is 0 Å². The molecule has 9 nitrogen and oxygen atoms in total. The molecule has 0 aromatic heterocycles. The molecular weight excluding hydrogens is 308 g/mol. The molecule has 0 aliphatic carbocycles. The summed E-state index contributed by atoms with van der Waals surface area (Å²) in [5.41, 5.74) is -0.853. The predicted molar refractivity (Wildman–Crippen MR) is 72.9 cm³/mol. The van der Waals surface area contributed by atoms with Gasteiger partial charge in [0.2, 0.25) is 0 Å². The van der Waals surface area contributed by atoms with Gasteiger partial charge in [0.1, 0.15) is 0 Å². The van der Waals surface area contributed by atoms with E-state index in [1.165, 1.54) is 18.2 Å². The van der Waals surface area contributed by atoms with Crippen molar-refractivity contribution in [1.29, 1.82) is 0 Å². The van der Waals surface area contributed by atoms with Gasteiger partial charge in [0, 0.05) is 6.07 Å². The summed E-state index contributed by atoms with van der Waals surface area (Å²) < 4.78 is 0. The van der Waals surface area contributed by atoms with Crippen LogP contribution in [0, 0.1) is 10.1 Å². The second-order valence-electron chi connectivity index (χ2n) is 4.84. The summed E-state index contributed by atoms with van der Waals surface area (Å²) in [7, 11) is 0. The van der Waals surface area contributed by atoms with Crippen LogP contribution in [-0.2, 0) is 14.4 Å². The van der Waals surface area contributed by atoms with Gasteiger partial charge in [-0.05, 0) is 13.0 Å². The number of nitro benzene ring substituents is 1. The van der Waals surface area contributed by atoms with Gasteiger partial charge in [-0.3, -0.25) is 19.7 Å². The Morgan fingerprint density at radius 1 is 1.35 bits per heavy atom. The monoisotopic (exact) mass is 319 g/mol. The third-order valence-electron chi connectivity index (χ3n) is 3.41. The maximum Gasteiger partial charge on any atom is 0.290 e. The molecule has 1 atom stereocenters. The van der Waals surface area contributed by atoms with Gasteiger partial charge in [-0.1, -0.05) is 12.1 Å². The number of carboxylic acids is 1. The van der Waals surface area contributed by atoms with Crippen LogP contribution in [0.25, 0.3) is 0 Å². The predicted octanol–water partition coefficient (Wildman–Crippen LogP) is -0.371. The fourth-order valence-corrected chi connectivity index (χ4v) is 2.52. The van der Waals surface area contributed by atoms with E-state index in [0.717, 1.165) is 13.0 Å². The first kappa shape index (κ1) is 16.1. The van der Waals surface area contributed by atoms with Crippen LogP contribution >= 0.6 is 0 Å². The molecule has 1 aliphatic rings. The van der Waals surface area contributed by atoms with E-state index in [1.54, 1.807) is 0 Å².